The van der Waals surface area contributed by atoms with Gasteiger partial charge in [0, 0.05) is 50.8 Å². The van der Waals surface area contributed by atoms with Crippen LogP contribution in [-0.4, -0.2) is 45.8 Å². The van der Waals surface area contributed by atoms with E-state index < -0.39 is 0 Å². The van der Waals surface area contributed by atoms with Crippen molar-refractivity contribution < 1.29 is 9.59 Å². The zero-order chi connectivity index (χ0) is 19.9. The molecule has 2 aromatic rings. The molecular weight excluding hydrogens is 354 g/mol. The molecule has 4 amide bonds. The van der Waals surface area contributed by atoms with Crippen molar-refractivity contribution >= 4 is 29.1 Å². The van der Waals surface area contributed by atoms with Gasteiger partial charge in [-0.05, 0) is 48.7 Å². The van der Waals surface area contributed by atoms with Crippen molar-refractivity contribution in [2.24, 2.45) is 0 Å². The molecule has 0 aromatic heterocycles. The molecule has 2 aromatic carbocycles. The molecule has 0 spiro atoms. The molecule has 1 fully saturated rings. The number of hydrogen-bond acceptors (Lipinski definition) is 3. The maximum atomic E-state index is 12.1. The predicted octanol–water partition coefficient (Wildman–Crippen LogP) is 3.04. The van der Waals surface area contributed by atoms with Gasteiger partial charge in [0.1, 0.15) is 0 Å². The minimum absolute atomic E-state index is 0.111. The number of carbonyl (C=O) groups is 2. The first-order valence-electron chi connectivity index (χ1n) is 9.49. The van der Waals surface area contributed by atoms with Gasteiger partial charge in [-0.2, -0.15) is 0 Å². The summed E-state index contributed by atoms with van der Waals surface area (Å²) < 4.78 is 0. The zero-order valence-corrected chi connectivity index (χ0v) is 16.4. The van der Waals surface area contributed by atoms with Gasteiger partial charge in [0.25, 0.3) is 0 Å². The predicted molar refractivity (Wildman–Crippen MR) is 113 cm³/mol. The molecule has 1 heterocycles. The van der Waals surface area contributed by atoms with E-state index in [2.05, 4.69) is 45.1 Å². The quantitative estimate of drug-likeness (QED) is 0.645. The van der Waals surface area contributed by atoms with Crippen molar-refractivity contribution in [2.75, 3.05) is 48.8 Å². The number of aryl methyl sites for hydroxylation is 1. The van der Waals surface area contributed by atoms with Crippen LogP contribution in [-0.2, 0) is 6.42 Å². The number of amides is 4. The summed E-state index contributed by atoms with van der Waals surface area (Å²) >= 11 is 0. The van der Waals surface area contributed by atoms with Crippen LogP contribution in [0.2, 0.25) is 0 Å². The summed E-state index contributed by atoms with van der Waals surface area (Å²) in [6, 6.07) is 15.4. The Bertz CT molecular complexity index is 820. The average Bonchev–Trinajstić information content (AvgIpc) is 3.12. The van der Waals surface area contributed by atoms with Crippen molar-refractivity contribution in [1.29, 1.82) is 0 Å². The number of hydrogen-bond donors (Lipinski definition) is 3. The lowest BCUT2D eigenvalue weighted by atomic mass is 10.1. The van der Waals surface area contributed by atoms with E-state index in [-0.39, 0.29) is 12.1 Å². The molecule has 0 unspecified atom stereocenters. The second-order valence-corrected chi connectivity index (χ2v) is 6.98. The minimum Gasteiger partial charge on any atom is -0.378 e. The Balaban J connectivity index is 1.42. The third-order valence-corrected chi connectivity index (χ3v) is 4.65. The minimum atomic E-state index is -0.244. The molecule has 0 radical (unpaired) electrons. The number of rotatable bonds is 7. The highest BCUT2D eigenvalue weighted by molar-refractivity contribution is 5.95. The highest BCUT2D eigenvalue weighted by Crippen LogP contribution is 2.21. The van der Waals surface area contributed by atoms with E-state index in [1.165, 1.54) is 11.3 Å². The standard InChI is InChI=1S/C21H27N5O2/c1-25(2)18-10-8-16(9-11-18)5-4-12-22-20(27)24-17-6-3-7-19(15-17)26-14-13-23-21(26)28/h3,6-11,15H,4-5,12-14H2,1-2H3,(H,23,28)(H2,22,24,27). The van der Waals surface area contributed by atoms with Gasteiger partial charge in [0.15, 0.2) is 0 Å². The average molecular weight is 381 g/mol. The van der Waals surface area contributed by atoms with Crippen LogP contribution in [0.4, 0.5) is 26.7 Å². The van der Waals surface area contributed by atoms with E-state index in [1.807, 2.05) is 32.3 Å². The van der Waals surface area contributed by atoms with E-state index >= 15 is 0 Å². The van der Waals surface area contributed by atoms with Crippen molar-refractivity contribution in [1.82, 2.24) is 10.6 Å². The third-order valence-electron chi connectivity index (χ3n) is 4.65. The lowest BCUT2D eigenvalue weighted by Gasteiger charge is -2.15. The highest BCUT2D eigenvalue weighted by Gasteiger charge is 2.21. The second-order valence-electron chi connectivity index (χ2n) is 6.98. The Morgan fingerprint density at radius 1 is 1.18 bits per heavy atom. The van der Waals surface area contributed by atoms with Crippen LogP contribution in [0.1, 0.15) is 12.0 Å². The SMILES string of the molecule is CN(C)c1ccc(CCCNC(=O)Nc2cccc(N3CCNC3=O)c2)cc1. The number of benzene rings is 2. The van der Waals surface area contributed by atoms with E-state index in [1.54, 1.807) is 11.0 Å². The lowest BCUT2D eigenvalue weighted by molar-refractivity contribution is 0.251. The van der Waals surface area contributed by atoms with Crippen LogP contribution in [0, 0.1) is 0 Å². The van der Waals surface area contributed by atoms with Gasteiger partial charge in [0.2, 0.25) is 0 Å². The second kappa shape index (κ2) is 9.12. The Labute approximate surface area is 165 Å². The van der Waals surface area contributed by atoms with E-state index in [0.29, 0.717) is 25.3 Å². The topological polar surface area (TPSA) is 76.7 Å². The fourth-order valence-corrected chi connectivity index (χ4v) is 3.10. The van der Waals surface area contributed by atoms with Crippen LogP contribution in [0.5, 0.6) is 0 Å². The van der Waals surface area contributed by atoms with Gasteiger partial charge in [0.05, 0.1) is 0 Å². The Morgan fingerprint density at radius 2 is 1.96 bits per heavy atom. The highest BCUT2D eigenvalue weighted by atomic mass is 16.2. The first-order valence-corrected chi connectivity index (χ1v) is 9.49. The molecule has 0 bridgehead atoms. The van der Waals surface area contributed by atoms with Gasteiger partial charge in [-0.1, -0.05) is 18.2 Å². The molecule has 1 aliphatic heterocycles. The molecule has 0 aliphatic carbocycles. The summed E-state index contributed by atoms with van der Waals surface area (Å²) in [4.78, 5) is 27.6. The molecule has 7 nitrogen and oxygen atoms in total. The van der Waals surface area contributed by atoms with E-state index in [0.717, 1.165) is 18.5 Å². The molecular formula is C21H27N5O2. The van der Waals surface area contributed by atoms with Crippen LogP contribution < -0.4 is 25.8 Å². The summed E-state index contributed by atoms with van der Waals surface area (Å²) in [5.41, 5.74) is 3.86. The maximum Gasteiger partial charge on any atom is 0.321 e. The third kappa shape index (κ3) is 5.16. The van der Waals surface area contributed by atoms with Crippen LogP contribution in [0.15, 0.2) is 48.5 Å². The molecule has 0 atom stereocenters. The van der Waals surface area contributed by atoms with E-state index in [9.17, 15) is 9.59 Å². The van der Waals surface area contributed by atoms with Gasteiger partial charge in [-0.25, -0.2) is 9.59 Å². The van der Waals surface area contributed by atoms with Gasteiger partial charge in [-0.15, -0.1) is 0 Å². The smallest absolute Gasteiger partial charge is 0.321 e. The first-order chi connectivity index (χ1) is 13.5. The summed E-state index contributed by atoms with van der Waals surface area (Å²) in [6.45, 7) is 1.86. The van der Waals surface area contributed by atoms with E-state index in [4.69, 9.17) is 0 Å². The Morgan fingerprint density at radius 3 is 2.64 bits per heavy atom. The number of nitrogens with zero attached hydrogens (tertiary/aromatic N) is 2. The van der Waals surface area contributed by atoms with Crippen molar-refractivity contribution in [2.45, 2.75) is 12.8 Å². The summed E-state index contributed by atoms with van der Waals surface area (Å²) in [5, 5.41) is 8.47. The molecule has 0 saturated carbocycles. The summed E-state index contributed by atoms with van der Waals surface area (Å²) in [6.07, 6.45) is 1.77. The fourth-order valence-electron chi connectivity index (χ4n) is 3.10. The molecule has 3 N–H and O–H groups in total. The van der Waals surface area contributed by atoms with Gasteiger partial charge in [-0.3, -0.25) is 4.90 Å². The van der Waals surface area contributed by atoms with Crippen molar-refractivity contribution in [3.05, 3.63) is 54.1 Å². The van der Waals surface area contributed by atoms with Crippen molar-refractivity contribution in [3.63, 3.8) is 0 Å². The number of urea groups is 2. The Hall–Kier alpha value is -3.22. The number of nitrogens with one attached hydrogen (secondary N) is 3. The molecule has 7 heteroatoms. The molecule has 28 heavy (non-hydrogen) atoms. The lowest BCUT2D eigenvalue weighted by Crippen LogP contribution is -2.30. The fraction of sp³-hybridized carbons (Fsp3) is 0.333. The van der Waals surface area contributed by atoms with Crippen molar-refractivity contribution in [3.8, 4) is 0 Å². The maximum absolute atomic E-state index is 12.1. The zero-order valence-electron chi connectivity index (χ0n) is 16.4. The Kier molecular flexibility index (Phi) is 6.37. The number of anilines is 3. The first kappa shape index (κ1) is 19.5. The van der Waals surface area contributed by atoms with Crippen LogP contribution >= 0.6 is 0 Å². The largest absolute Gasteiger partial charge is 0.378 e. The molecule has 1 aliphatic rings. The number of carbonyl (C=O) groups excluding carboxylic acids is 2. The van der Waals surface area contributed by atoms with Gasteiger partial charge < -0.3 is 20.9 Å². The van der Waals surface area contributed by atoms with Gasteiger partial charge >= 0.3 is 12.1 Å². The molecule has 1 saturated heterocycles. The summed E-state index contributed by atoms with van der Waals surface area (Å²) in [5.74, 6) is 0. The summed E-state index contributed by atoms with van der Waals surface area (Å²) in [7, 11) is 4.04. The van der Waals surface area contributed by atoms with Crippen LogP contribution in [0.3, 0.4) is 0 Å². The normalized spacial score (nSPS) is 13.2. The molecule has 3 rings (SSSR count). The van der Waals surface area contributed by atoms with Crippen LogP contribution in [0.25, 0.3) is 0 Å². The molecule has 148 valence electrons. The monoisotopic (exact) mass is 381 g/mol.